The van der Waals surface area contributed by atoms with Crippen molar-refractivity contribution in [3.8, 4) is 11.5 Å². The molecule has 2 amide bonds. The normalized spacial score (nSPS) is 18.8. The largest absolute Gasteiger partial charge is 0.463 e. The maximum atomic E-state index is 13.4. The highest BCUT2D eigenvalue weighted by molar-refractivity contribution is 7.22. The summed E-state index contributed by atoms with van der Waals surface area (Å²) in [5.41, 5.74) is 4.17. The van der Waals surface area contributed by atoms with Crippen molar-refractivity contribution in [1.82, 2.24) is 15.6 Å². The summed E-state index contributed by atoms with van der Waals surface area (Å²) in [6.07, 6.45) is 10.5. The number of ether oxygens (including phenoxy) is 4. The predicted octanol–water partition coefficient (Wildman–Crippen LogP) is 6.42. The van der Waals surface area contributed by atoms with Gasteiger partial charge in [0.25, 0.3) is 0 Å². The molecule has 3 aromatic rings. The van der Waals surface area contributed by atoms with Crippen LogP contribution in [0.1, 0.15) is 82.6 Å². The third-order valence-corrected chi connectivity index (χ3v) is 11.4. The zero-order chi connectivity index (χ0) is 42.7. The second kappa shape index (κ2) is 23.6. The molecule has 0 atom stereocenters. The van der Waals surface area contributed by atoms with Crippen molar-refractivity contribution in [1.29, 1.82) is 0 Å². The Morgan fingerprint density at radius 3 is 1.78 bits per heavy atom. The van der Waals surface area contributed by atoms with Gasteiger partial charge in [0, 0.05) is 42.6 Å². The molecule has 0 radical (unpaired) electrons. The smallest absolute Gasteiger partial charge is 0.330 e. The molecule has 16 heteroatoms. The molecule has 0 spiro atoms. The van der Waals surface area contributed by atoms with E-state index < -0.39 is 29.8 Å². The van der Waals surface area contributed by atoms with Gasteiger partial charge in [0.15, 0.2) is 0 Å². The van der Waals surface area contributed by atoms with Gasteiger partial charge in [0.2, 0.25) is 16.9 Å². The average Bonchev–Trinajstić information content (AvgIpc) is 3.69. The van der Waals surface area contributed by atoms with Gasteiger partial charge >= 0.3 is 23.9 Å². The van der Waals surface area contributed by atoms with Crippen molar-refractivity contribution < 1.29 is 47.7 Å². The number of rotatable bonds is 21. The number of anilines is 1. The van der Waals surface area contributed by atoms with Gasteiger partial charge in [-0.15, -0.1) is 0 Å². The van der Waals surface area contributed by atoms with E-state index in [1.807, 2.05) is 24.3 Å². The van der Waals surface area contributed by atoms with E-state index in [1.165, 1.54) is 17.6 Å². The minimum atomic E-state index is -0.471. The molecular weight excluding hydrogens is 791 g/mol. The number of esters is 4. The summed E-state index contributed by atoms with van der Waals surface area (Å²) in [6, 6.07) is 12.4. The Bertz CT molecular complexity index is 1980. The van der Waals surface area contributed by atoms with E-state index in [1.54, 1.807) is 18.2 Å². The highest BCUT2D eigenvalue weighted by Gasteiger charge is 2.33. The Morgan fingerprint density at radius 2 is 1.23 bits per heavy atom. The molecule has 3 N–H and O–H groups in total. The van der Waals surface area contributed by atoms with Crippen molar-refractivity contribution in [2.45, 2.75) is 77.0 Å². The molecule has 0 saturated heterocycles. The van der Waals surface area contributed by atoms with Crippen molar-refractivity contribution in [2.24, 2.45) is 28.8 Å². The first kappa shape index (κ1) is 45.2. The van der Waals surface area contributed by atoms with Crippen LogP contribution < -0.4 is 25.5 Å². The van der Waals surface area contributed by atoms with Crippen LogP contribution in [0.15, 0.2) is 72.9 Å². The molecule has 2 aliphatic rings. The fourth-order valence-corrected chi connectivity index (χ4v) is 7.88. The predicted molar refractivity (Wildman–Crippen MR) is 226 cm³/mol. The van der Waals surface area contributed by atoms with Crippen LogP contribution in [0.3, 0.4) is 0 Å². The van der Waals surface area contributed by atoms with Crippen molar-refractivity contribution in [2.75, 3.05) is 31.7 Å². The summed E-state index contributed by atoms with van der Waals surface area (Å²) < 4.78 is 22.6. The number of carbonyl (C=O) groups excluding carboxylic acids is 6. The van der Waals surface area contributed by atoms with Crippen LogP contribution in [-0.4, -0.2) is 73.2 Å². The number of amides is 2. The Morgan fingerprint density at radius 1 is 0.700 bits per heavy atom. The SMILES string of the molecule is C=CC(=O)OCCCCNC(=O)C1CCC(C(=O)Oc2ccc(OC(=O)C3CCC(C(=O)NCCCCOC(=O)C=C)CC3)c(/C=N/Nc3nc4ccccc4s3)c2)CC1. The third kappa shape index (κ3) is 14.1. The molecule has 2 fully saturated rings. The van der Waals surface area contributed by atoms with Crippen LogP contribution in [0, 0.1) is 23.7 Å². The van der Waals surface area contributed by atoms with E-state index >= 15 is 0 Å². The molecule has 0 bridgehead atoms. The lowest BCUT2D eigenvalue weighted by Crippen LogP contribution is -2.35. The first-order chi connectivity index (χ1) is 29.1. The van der Waals surface area contributed by atoms with E-state index in [0.29, 0.717) is 101 Å². The number of hydrogen-bond donors (Lipinski definition) is 3. The zero-order valence-corrected chi connectivity index (χ0v) is 34.5. The second-order valence-electron chi connectivity index (χ2n) is 14.7. The number of unbranched alkanes of at least 4 members (excludes halogenated alkanes) is 2. The van der Waals surface area contributed by atoms with Gasteiger partial charge in [-0.3, -0.25) is 24.6 Å². The molecular formula is C44H53N5O10S. The van der Waals surface area contributed by atoms with Gasteiger partial charge in [-0.05, 0) is 107 Å². The minimum Gasteiger partial charge on any atom is -0.463 e. The number of hydrogen-bond acceptors (Lipinski definition) is 14. The maximum absolute atomic E-state index is 13.4. The van der Waals surface area contributed by atoms with E-state index in [0.717, 1.165) is 22.4 Å². The van der Waals surface area contributed by atoms with Crippen LogP contribution >= 0.6 is 11.3 Å². The monoisotopic (exact) mass is 843 g/mol. The molecule has 1 heterocycles. The maximum Gasteiger partial charge on any atom is 0.330 e. The molecule has 0 aliphatic heterocycles. The van der Waals surface area contributed by atoms with Crippen LogP contribution in [0.5, 0.6) is 11.5 Å². The molecule has 1 aromatic heterocycles. The van der Waals surface area contributed by atoms with Gasteiger partial charge in [0.05, 0.1) is 41.5 Å². The summed E-state index contributed by atoms with van der Waals surface area (Å²) in [4.78, 5) is 79.1. The van der Waals surface area contributed by atoms with Gasteiger partial charge < -0.3 is 29.6 Å². The number of thiazole rings is 1. The summed E-state index contributed by atoms with van der Waals surface area (Å²) in [5, 5.41) is 10.8. The zero-order valence-electron chi connectivity index (χ0n) is 33.7. The Hall–Kier alpha value is -5.90. The van der Waals surface area contributed by atoms with Crippen molar-refractivity contribution >= 4 is 68.6 Å². The summed E-state index contributed by atoms with van der Waals surface area (Å²) in [5.74, 6) is -2.56. The average molecular weight is 844 g/mol. The highest BCUT2D eigenvalue weighted by atomic mass is 32.1. The van der Waals surface area contributed by atoms with Crippen LogP contribution in [-0.2, 0) is 38.2 Å². The van der Waals surface area contributed by atoms with Crippen LogP contribution in [0.4, 0.5) is 5.13 Å². The Kier molecular flexibility index (Phi) is 17.8. The number of nitrogens with one attached hydrogen (secondary N) is 3. The number of carbonyl (C=O) groups is 6. The topological polar surface area (TPSA) is 201 Å². The van der Waals surface area contributed by atoms with Crippen LogP contribution in [0.2, 0.25) is 0 Å². The van der Waals surface area contributed by atoms with Gasteiger partial charge in [-0.25, -0.2) is 14.6 Å². The number of aromatic nitrogens is 1. The fourth-order valence-electron chi connectivity index (χ4n) is 7.06. The van der Waals surface area contributed by atoms with Crippen molar-refractivity contribution in [3.63, 3.8) is 0 Å². The quantitative estimate of drug-likeness (QED) is 0.0266. The molecule has 2 saturated carbocycles. The van der Waals surface area contributed by atoms with Gasteiger partial charge in [-0.2, -0.15) is 5.10 Å². The van der Waals surface area contributed by atoms with E-state index in [4.69, 9.17) is 18.9 Å². The summed E-state index contributed by atoms with van der Waals surface area (Å²) >= 11 is 1.43. The number of hydrazone groups is 1. The Balaban J connectivity index is 1.13. The summed E-state index contributed by atoms with van der Waals surface area (Å²) in [7, 11) is 0. The molecule has 2 aromatic carbocycles. The highest BCUT2D eigenvalue weighted by Crippen LogP contribution is 2.34. The fraction of sp³-hybridized carbons (Fsp3) is 0.455. The molecule has 60 heavy (non-hydrogen) atoms. The summed E-state index contributed by atoms with van der Waals surface area (Å²) in [6.45, 7) is 8.19. The number of para-hydroxylation sites is 1. The Labute approximate surface area is 353 Å². The van der Waals surface area contributed by atoms with Crippen molar-refractivity contribution in [3.05, 3.63) is 73.3 Å². The molecule has 15 nitrogen and oxygen atoms in total. The molecule has 5 rings (SSSR count). The first-order valence-corrected chi connectivity index (χ1v) is 21.3. The molecule has 2 aliphatic carbocycles. The first-order valence-electron chi connectivity index (χ1n) is 20.5. The molecule has 0 unspecified atom stereocenters. The number of benzene rings is 2. The van der Waals surface area contributed by atoms with Gasteiger partial charge in [-0.1, -0.05) is 36.6 Å². The number of fused-ring (bicyclic) bond motifs is 1. The van der Waals surface area contributed by atoms with E-state index in [-0.39, 0.29) is 54.3 Å². The lowest BCUT2D eigenvalue weighted by Gasteiger charge is -2.27. The van der Waals surface area contributed by atoms with Crippen LogP contribution in [0.25, 0.3) is 10.2 Å². The van der Waals surface area contributed by atoms with E-state index in [9.17, 15) is 28.8 Å². The van der Waals surface area contributed by atoms with Gasteiger partial charge in [0.1, 0.15) is 11.5 Å². The standard InChI is InChI=1S/C44H53N5O10S/c1-3-38(50)56-25-9-7-23-45-40(52)29-13-17-31(18-14-29)42(54)58-34-21-22-36(33(27-34)28-47-49-44-48-35-11-5-6-12-37(35)60-44)59-43(55)32-19-15-30(16-20-32)41(53)46-24-8-10-26-57-39(51)4-2/h3-6,11-12,21-22,27-32H,1-2,7-10,13-20,23-26H2,(H,45,52)(H,46,53)(H,48,49)/b47-28+. The lowest BCUT2D eigenvalue weighted by atomic mass is 9.81. The molecule has 320 valence electrons. The van der Waals surface area contributed by atoms with E-state index in [2.05, 4.69) is 39.3 Å². The second-order valence-corrected chi connectivity index (χ2v) is 15.8. The lowest BCUT2D eigenvalue weighted by molar-refractivity contribution is -0.142. The number of nitrogens with zero attached hydrogens (tertiary/aromatic N) is 2. The minimum absolute atomic E-state index is 0.0501. The third-order valence-electron chi connectivity index (χ3n) is 10.5.